The zero-order valence-corrected chi connectivity index (χ0v) is 16.8. The SMILES string of the molecule is O=C(O)Cc1ccc(C#CCNC(=O)OCC2c3ccccc3-c3ccccc32)cc1. The van der Waals surface area contributed by atoms with Crippen molar-refractivity contribution in [3.8, 4) is 23.0 Å². The van der Waals surface area contributed by atoms with Crippen LogP contribution in [0.1, 0.15) is 28.2 Å². The summed E-state index contributed by atoms with van der Waals surface area (Å²) in [7, 11) is 0. The Morgan fingerprint density at radius 2 is 1.52 bits per heavy atom. The molecule has 0 saturated heterocycles. The molecule has 5 heteroatoms. The van der Waals surface area contributed by atoms with Crippen LogP contribution < -0.4 is 5.32 Å². The molecule has 5 nitrogen and oxygen atoms in total. The first-order chi connectivity index (χ1) is 15.1. The van der Waals surface area contributed by atoms with Crippen molar-refractivity contribution in [2.24, 2.45) is 0 Å². The molecule has 2 N–H and O–H groups in total. The van der Waals surface area contributed by atoms with Gasteiger partial charge in [-0.2, -0.15) is 0 Å². The van der Waals surface area contributed by atoms with E-state index < -0.39 is 12.1 Å². The minimum absolute atomic E-state index is 0.0168. The first kappa shape index (κ1) is 20.2. The van der Waals surface area contributed by atoms with Crippen LogP contribution in [-0.4, -0.2) is 30.3 Å². The Balaban J connectivity index is 1.30. The molecule has 4 rings (SSSR count). The third-order valence-electron chi connectivity index (χ3n) is 5.21. The number of fused-ring (bicyclic) bond motifs is 3. The van der Waals surface area contributed by atoms with Crippen molar-refractivity contribution in [3.05, 3.63) is 95.1 Å². The van der Waals surface area contributed by atoms with E-state index in [0.29, 0.717) is 0 Å². The van der Waals surface area contributed by atoms with Crippen LogP contribution >= 0.6 is 0 Å². The Hall–Kier alpha value is -4.04. The molecule has 0 atom stereocenters. The fraction of sp³-hybridized carbons (Fsp3) is 0.154. The van der Waals surface area contributed by atoms with Gasteiger partial charge in [-0.3, -0.25) is 4.79 Å². The van der Waals surface area contributed by atoms with E-state index in [1.54, 1.807) is 24.3 Å². The number of carbonyl (C=O) groups is 2. The van der Waals surface area contributed by atoms with Gasteiger partial charge in [0.15, 0.2) is 0 Å². The van der Waals surface area contributed by atoms with E-state index in [1.165, 1.54) is 22.3 Å². The number of carbonyl (C=O) groups excluding carboxylic acids is 1. The van der Waals surface area contributed by atoms with Gasteiger partial charge >= 0.3 is 12.1 Å². The molecule has 0 radical (unpaired) electrons. The minimum Gasteiger partial charge on any atom is -0.481 e. The molecule has 3 aromatic rings. The summed E-state index contributed by atoms with van der Waals surface area (Å²) in [5.41, 5.74) is 6.18. The van der Waals surface area contributed by atoms with Crippen LogP contribution in [0, 0.1) is 11.8 Å². The van der Waals surface area contributed by atoms with E-state index in [-0.39, 0.29) is 25.5 Å². The molecule has 0 aliphatic heterocycles. The van der Waals surface area contributed by atoms with Gasteiger partial charge in [0, 0.05) is 11.5 Å². The lowest BCUT2D eigenvalue weighted by atomic mass is 9.98. The van der Waals surface area contributed by atoms with Gasteiger partial charge in [-0.1, -0.05) is 72.5 Å². The summed E-state index contributed by atoms with van der Waals surface area (Å²) in [4.78, 5) is 22.8. The molecule has 3 aromatic carbocycles. The molecule has 0 saturated carbocycles. The van der Waals surface area contributed by atoms with Crippen LogP contribution in [-0.2, 0) is 16.0 Å². The van der Waals surface area contributed by atoms with Gasteiger partial charge in [-0.05, 0) is 39.9 Å². The van der Waals surface area contributed by atoms with E-state index in [4.69, 9.17) is 9.84 Å². The maximum absolute atomic E-state index is 12.1. The lowest BCUT2D eigenvalue weighted by Crippen LogP contribution is -2.26. The number of alkyl carbamates (subject to hydrolysis) is 1. The Morgan fingerprint density at radius 1 is 0.903 bits per heavy atom. The number of ether oxygens (including phenoxy) is 1. The van der Waals surface area contributed by atoms with Gasteiger partial charge in [-0.25, -0.2) is 4.79 Å². The van der Waals surface area contributed by atoms with E-state index in [9.17, 15) is 9.59 Å². The molecule has 154 valence electrons. The van der Waals surface area contributed by atoms with E-state index in [2.05, 4.69) is 41.4 Å². The number of hydrogen-bond acceptors (Lipinski definition) is 3. The Labute approximate surface area is 180 Å². The van der Waals surface area contributed by atoms with Gasteiger partial charge in [0.1, 0.15) is 6.61 Å². The standard InChI is InChI=1S/C26H21NO4/c28-25(29)16-19-13-11-18(12-14-19)6-5-15-27-26(30)31-17-24-22-9-3-1-7-20(22)21-8-2-4-10-23(21)24/h1-4,7-14,24H,15-17H2,(H,27,30)(H,28,29). The molecule has 0 fully saturated rings. The monoisotopic (exact) mass is 411 g/mol. The highest BCUT2D eigenvalue weighted by Gasteiger charge is 2.28. The van der Waals surface area contributed by atoms with Crippen LogP contribution in [0.3, 0.4) is 0 Å². The maximum atomic E-state index is 12.1. The van der Waals surface area contributed by atoms with Crippen molar-refractivity contribution >= 4 is 12.1 Å². The molecular weight excluding hydrogens is 390 g/mol. The highest BCUT2D eigenvalue weighted by Crippen LogP contribution is 2.44. The first-order valence-corrected chi connectivity index (χ1v) is 10.0. The zero-order valence-electron chi connectivity index (χ0n) is 16.8. The quantitative estimate of drug-likeness (QED) is 0.617. The van der Waals surface area contributed by atoms with Crippen LogP contribution in [0.2, 0.25) is 0 Å². The summed E-state index contributed by atoms with van der Waals surface area (Å²) in [5.74, 6) is 4.96. The molecule has 0 unspecified atom stereocenters. The van der Waals surface area contributed by atoms with Crippen LogP contribution in [0.4, 0.5) is 4.79 Å². The topological polar surface area (TPSA) is 75.6 Å². The van der Waals surface area contributed by atoms with Crippen LogP contribution in [0.15, 0.2) is 72.8 Å². The molecule has 0 spiro atoms. The van der Waals surface area contributed by atoms with Crippen LogP contribution in [0.5, 0.6) is 0 Å². The molecular formula is C26H21NO4. The molecule has 1 aliphatic carbocycles. The third-order valence-corrected chi connectivity index (χ3v) is 5.21. The largest absolute Gasteiger partial charge is 0.481 e. The van der Waals surface area contributed by atoms with Crippen molar-refractivity contribution in [3.63, 3.8) is 0 Å². The molecule has 0 heterocycles. The van der Waals surface area contributed by atoms with Crippen molar-refractivity contribution in [1.29, 1.82) is 0 Å². The molecule has 0 bridgehead atoms. The average molecular weight is 411 g/mol. The number of carboxylic acid groups (broad SMARTS) is 1. The summed E-state index contributed by atoms with van der Waals surface area (Å²) in [6.45, 7) is 0.422. The maximum Gasteiger partial charge on any atom is 0.407 e. The van der Waals surface area contributed by atoms with Crippen molar-refractivity contribution in [2.75, 3.05) is 13.2 Å². The minimum atomic E-state index is -0.869. The number of rotatable bonds is 5. The number of nitrogens with one attached hydrogen (secondary N) is 1. The van der Waals surface area contributed by atoms with E-state index in [0.717, 1.165) is 11.1 Å². The van der Waals surface area contributed by atoms with E-state index >= 15 is 0 Å². The molecule has 1 amide bonds. The number of amides is 1. The zero-order chi connectivity index (χ0) is 21.6. The Morgan fingerprint density at radius 3 is 2.13 bits per heavy atom. The second-order valence-corrected chi connectivity index (χ2v) is 7.25. The van der Waals surface area contributed by atoms with Gasteiger partial charge < -0.3 is 15.2 Å². The Bertz CT molecular complexity index is 1130. The number of carboxylic acids is 1. The predicted octanol–water partition coefficient (Wildman–Crippen LogP) is 4.20. The van der Waals surface area contributed by atoms with Crippen LogP contribution in [0.25, 0.3) is 11.1 Å². The summed E-state index contributed by atoms with van der Waals surface area (Å²) < 4.78 is 5.47. The molecule has 1 aliphatic rings. The normalized spacial score (nSPS) is 11.6. The second kappa shape index (κ2) is 9.19. The summed E-state index contributed by atoms with van der Waals surface area (Å²) >= 11 is 0. The third kappa shape index (κ3) is 4.76. The highest BCUT2D eigenvalue weighted by atomic mass is 16.5. The number of hydrogen-bond donors (Lipinski definition) is 2. The Kier molecular flexibility index (Phi) is 6.00. The van der Waals surface area contributed by atoms with Gasteiger partial charge in [0.25, 0.3) is 0 Å². The summed E-state index contributed by atoms with van der Waals surface area (Å²) in [6.07, 6.45) is -0.523. The van der Waals surface area contributed by atoms with Gasteiger partial charge in [0.05, 0.1) is 13.0 Å². The smallest absolute Gasteiger partial charge is 0.407 e. The number of benzene rings is 3. The lowest BCUT2D eigenvalue weighted by molar-refractivity contribution is -0.136. The second-order valence-electron chi connectivity index (χ2n) is 7.25. The first-order valence-electron chi connectivity index (χ1n) is 10.0. The average Bonchev–Trinajstić information content (AvgIpc) is 3.10. The van der Waals surface area contributed by atoms with Crippen molar-refractivity contribution < 1.29 is 19.4 Å². The van der Waals surface area contributed by atoms with Gasteiger partial charge in [0.2, 0.25) is 0 Å². The fourth-order valence-corrected chi connectivity index (χ4v) is 3.79. The predicted molar refractivity (Wildman–Crippen MR) is 118 cm³/mol. The number of aliphatic carboxylic acids is 1. The van der Waals surface area contributed by atoms with Gasteiger partial charge in [-0.15, -0.1) is 0 Å². The fourth-order valence-electron chi connectivity index (χ4n) is 3.79. The summed E-state index contributed by atoms with van der Waals surface area (Å²) in [6, 6.07) is 23.4. The molecule has 0 aromatic heterocycles. The summed E-state index contributed by atoms with van der Waals surface area (Å²) in [5, 5.41) is 11.4. The van der Waals surface area contributed by atoms with E-state index in [1.807, 2.05) is 24.3 Å². The molecule has 31 heavy (non-hydrogen) atoms. The highest BCUT2D eigenvalue weighted by molar-refractivity contribution is 5.79. The van der Waals surface area contributed by atoms with Crippen molar-refractivity contribution in [2.45, 2.75) is 12.3 Å². The van der Waals surface area contributed by atoms with Crippen molar-refractivity contribution in [1.82, 2.24) is 5.32 Å². The lowest BCUT2D eigenvalue weighted by Gasteiger charge is -2.14.